The van der Waals surface area contributed by atoms with Crippen molar-refractivity contribution in [1.29, 1.82) is 0 Å². The van der Waals surface area contributed by atoms with Crippen LogP contribution in [-0.4, -0.2) is 18.3 Å². The maximum absolute atomic E-state index is 5.94. The molecule has 0 aliphatic carbocycles. The molecule has 0 bridgehead atoms. The number of halogens is 1. The molecule has 0 heterocycles. The summed E-state index contributed by atoms with van der Waals surface area (Å²) < 4.78 is 0. The first-order valence-electron chi connectivity index (χ1n) is 5.40. The van der Waals surface area contributed by atoms with Gasteiger partial charge in [-0.1, -0.05) is 36.7 Å². The summed E-state index contributed by atoms with van der Waals surface area (Å²) in [6.45, 7) is 9.14. The van der Waals surface area contributed by atoms with Crippen molar-refractivity contribution < 1.29 is 0 Å². The normalized spacial score (nSPS) is 12.4. The van der Waals surface area contributed by atoms with Gasteiger partial charge in [0, 0.05) is 21.7 Å². The maximum Gasteiger partial charge on any atom is 0.0417 e. The fourth-order valence-corrected chi connectivity index (χ4v) is 2.76. The van der Waals surface area contributed by atoms with E-state index in [1.54, 1.807) is 11.8 Å². The Morgan fingerprint density at radius 1 is 1.56 bits per heavy atom. The molecule has 1 unspecified atom stereocenters. The van der Waals surface area contributed by atoms with E-state index >= 15 is 0 Å². The minimum Gasteiger partial charge on any atom is -0.310 e. The molecule has 1 atom stereocenters. The lowest BCUT2D eigenvalue weighted by Crippen LogP contribution is -2.31. The number of likely N-dealkylation sites (N-methyl/N-ethyl adjacent to an activating group) is 1. The monoisotopic (exact) mass is 255 g/mol. The molecule has 0 amide bonds. The Morgan fingerprint density at radius 2 is 2.31 bits per heavy atom. The molecule has 0 spiro atoms. The van der Waals surface area contributed by atoms with Crippen LogP contribution in [0.1, 0.15) is 13.8 Å². The Balaban J connectivity index is 2.51. The lowest BCUT2D eigenvalue weighted by molar-refractivity contribution is 0.642. The second-order valence-electron chi connectivity index (χ2n) is 3.72. The minimum absolute atomic E-state index is 0.369. The number of hydrogen-bond donors (Lipinski definition) is 1. The first-order valence-corrected chi connectivity index (χ1v) is 6.77. The van der Waals surface area contributed by atoms with E-state index in [1.165, 1.54) is 10.5 Å². The molecule has 0 radical (unpaired) electrons. The molecule has 0 aliphatic rings. The van der Waals surface area contributed by atoms with Crippen LogP contribution in [0.15, 0.2) is 41.3 Å². The highest BCUT2D eigenvalue weighted by Gasteiger charge is 2.08. The quantitative estimate of drug-likeness (QED) is 0.610. The molecule has 0 aromatic heterocycles. The van der Waals surface area contributed by atoms with E-state index in [0.29, 0.717) is 6.04 Å². The summed E-state index contributed by atoms with van der Waals surface area (Å²) in [7, 11) is 0. The van der Waals surface area contributed by atoms with Crippen molar-refractivity contribution in [2.45, 2.75) is 24.8 Å². The Kier molecular flexibility index (Phi) is 5.96. The predicted octanol–water partition coefficient (Wildman–Crippen LogP) is 3.99. The standard InChI is InChI=1S/C13H18ClNS/c1-4-15-13(10(2)3)9-16-12-7-5-6-11(14)8-12/h5-8,13,15H,2,4,9H2,1,3H3. The van der Waals surface area contributed by atoms with Crippen LogP contribution in [0.3, 0.4) is 0 Å². The van der Waals surface area contributed by atoms with Gasteiger partial charge in [-0.15, -0.1) is 11.8 Å². The average Bonchev–Trinajstić information content (AvgIpc) is 2.24. The molecule has 1 aromatic carbocycles. The largest absolute Gasteiger partial charge is 0.310 e. The van der Waals surface area contributed by atoms with Gasteiger partial charge in [-0.25, -0.2) is 0 Å². The number of nitrogens with one attached hydrogen (secondary N) is 1. The van der Waals surface area contributed by atoms with Crippen molar-refractivity contribution in [3.8, 4) is 0 Å². The highest BCUT2D eigenvalue weighted by atomic mass is 35.5. The van der Waals surface area contributed by atoms with Gasteiger partial charge in [0.2, 0.25) is 0 Å². The third kappa shape index (κ3) is 4.60. The van der Waals surface area contributed by atoms with Crippen molar-refractivity contribution in [1.82, 2.24) is 5.32 Å². The van der Waals surface area contributed by atoms with Crippen molar-refractivity contribution in [3.63, 3.8) is 0 Å². The van der Waals surface area contributed by atoms with E-state index in [-0.39, 0.29) is 0 Å². The third-order valence-corrected chi connectivity index (χ3v) is 3.58. The second kappa shape index (κ2) is 7.00. The topological polar surface area (TPSA) is 12.0 Å². The van der Waals surface area contributed by atoms with Crippen molar-refractivity contribution >= 4 is 23.4 Å². The van der Waals surface area contributed by atoms with E-state index in [9.17, 15) is 0 Å². The van der Waals surface area contributed by atoms with Crippen LogP contribution in [-0.2, 0) is 0 Å². The number of thioether (sulfide) groups is 1. The molecule has 1 nitrogen and oxygen atoms in total. The summed E-state index contributed by atoms with van der Waals surface area (Å²) in [5.74, 6) is 0.990. The van der Waals surface area contributed by atoms with Gasteiger partial charge in [-0.3, -0.25) is 0 Å². The van der Waals surface area contributed by atoms with E-state index in [2.05, 4.69) is 31.8 Å². The molecule has 88 valence electrons. The molecular weight excluding hydrogens is 238 g/mol. The lowest BCUT2D eigenvalue weighted by Gasteiger charge is -2.17. The van der Waals surface area contributed by atoms with Gasteiger partial charge < -0.3 is 5.32 Å². The van der Waals surface area contributed by atoms with Crippen LogP contribution in [0.5, 0.6) is 0 Å². The van der Waals surface area contributed by atoms with Crippen molar-refractivity contribution in [2.75, 3.05) is 12.3 Å². The van der Waals surface area contributed by atoms with Gasteiger partial charge in [0.1, 0.15) is 0 Å². The smallest absolute Gasteiger partial charge is 0.0417 e. The highest BCUT2D eigenvalue weighted by molar-refractivity contribution is 7.99. The summed E-state index contributed by atoms with van der Waals surface area (Å²) in [5, 5.41) is 4.21. The first-order chi connectivity index (χ1) is 7.63. The van der Waals surface area contributed by atoms with E-state index < -0.39 is 0 Å². The van der Waals surface area contributed by atoms with Crippen LogP contribution in [0.2, 0.25) is 5.02 Å². The summed E-state index contributed by atoms with van der Waals surface area (Å²) in [6.07, 6.45) is 0. The van der Waals surface area contributed by atoms with Gasteiger partial charge in [0.15, 0.2) is 0 Å². The predicted molar refractivity (Wildman–Crippen MR) is 74.5 cm³/mol. The minimum atomic E-state index is 0.369. The Hall–Kier alpha value is -0.440. The number of rotatable bonds is 6. The molecule has 1 rings (SSSR count). The second-order valence-corrected chi connectivity index (χ2v) is 5.25. The zero-order valence-electron chi connectivity index (χ0n) is 9.79. The van der Waals surface area contributed by atoms with Gasteiger partial charge in [0.05, 0.1) is 0 Å². The molecule has 1 aromatic rings. The molecule has 0 saturated carbocycles. The van der Waals surface area contributed by atoms with Gasteiger partial charge in [-0.05, 0) is 31.7 Å². The van der Waals surface area contributed by atoms with E-state index in [0.717, 1.165) is 17.3 Å². The van der Waals surface area contributed by atoms with Gasteiger partial charge in [-0.2, -0.15) is 0 Å². The van der Waals surface area contributed by atoms with Crippen molar-refractivity contribution in [2.24, 2.45) is 0 Å². The summed E-state index contributed by atoms with van der Waals surface area (Å²) in [4.78, 5) is 1.21. The molecular formula is C13H18ClNS. The first kappa shape index (κ1) is 13.6. The Bertz CT molecular complexity index is 352. The van der Waals surface area contributed by atoms with E-state index in [1.807, 2.05) is 18.2 Å². The molecule has 0 aliphatic heterocycles. The van der Waals surface area contributed by atoms with Crippen LogP contribution in [0.25, 0.3) is 0 Å². The zero-order chi connectivity index (χ0) is 12.0. The van der Waals surface area contributed by atoms with Crippen LogP contribution >= 0.6 is 23.4 Å². The van der Waals surface area contributed by atoms with Gasteiger partial charge in [0.25, 0.3) is 0 Å². The van der Waals surface area contributed by atoms with Gasteiger partial charge >= 0.3 is 0 Å². The molecule has 16 heavy (non-hydrogen) atoms. The van der Waals surface area contributed by atoms with Crippen LogP contribution in [0.4, 0.5) is 0 Å². The number of hydrogen-bond acceptors (Lipinski definition) is 2. The van der Waals surface area contributed by atoms with Crippen LogP contribution in [0, 0.1) is 0 Å². The fourth-order valence-electron chi connectivity index (χ4n) is 1.36. The average molecular weight is 256 g/mol. The molecule has 0 saturated heterocycles. The summed E-state index contributed by atoms with van der Waals surface area (Å²) >= 11 is 7.74. The van der Waals surface area contributed by atoms with E-state index in [4.69, 9.17) is 11.6 Å². The third-order valence-electron chi connectivity index (χ3n) is 2.26. The molecule has 1 N–H and O–H groups in total. The lowest BCUT2D eigenvalue weighted by atomic mass is 10.2. The fraction of sp³-hybridized carbons (Fsp3) is 0.385. The molecule has 3 heteroatoms. The Morgan fingerprint density at radius 3 is 2.88 bits per heavy atom. The summed E-state index contributed by atoms with van der Waals surface area (Å²) in [6, 6.07) is 8.32. The Labute approximate surface area is 107 Å². The zero-order valence-corrected chi connectivity index (χ0v) is 11.4. The van der Waals surface area contributed by atoms with Crippen LogP contribution < -0.4 is 5.32 Å². The maximum atomic E-state index is 5.94. The van der Waals surface area contributed by atoms with Crippen molar-refractivity contribution in [3.05, 3.63) is 41.4 Å². The number of benzene rings is 1. The summed E-state index contributed by atoms with van der Waals surface area (Å²) in [5.41, 5.74) is 1.18. The molecule has 0 fully saturated rings. The SMILES string of the molecule is C=C(C)C(CSc1cccc(Cl)c1)NCC. The highest BCUT2D eigenvalue weighted by Crippen LogP contribution is 2.23.